The summed E-state index contributed by atoms with van der Waals surface area (Å²) in [6.07, 6.45) is 3.92. The van der Waals surface area contributed by atoms with Crippen LogP contribution in [0, 0.1) is 5.92 Å². The Hall–Kier alpha value is -1.30. The van der Waals surface area contributed by atoms with E-state index in [1.165, 1.54) is 0 Å². The Kier molecular flexibility index (Phi) is 5.60. The van der Waals surface area contributed by atoms with E-state index in [1.807, 2.05) is 13.8 Å². The Bertz CT molecular complexity index is 325. The summed E-state index contributed by atoms with van der Waals surface area (Å²) >= 11 is 0. The minimum absolute atomic E-state index is 0.237. The van der Waals surface area contributed by atoms with Gasteiger partial charge in [0.15, 0.2) is 0 Å². The van der Waals surface area contributed by atoms with Crippen molar-refractivity contribution in [2.45, 2.75) is 57.6 Å². The lowest BCUT2D eigenvalue weighted by atomic mass is 10.0. The van der Waals surface area contributed by atoms with Crippen LogP contribution in [-0.4, -0.2) is 35.2 Å². The first-order chi connectivity index (χ1) is 8.82. The molecule has 1 aliphatic carbocycles. The van der Waals surface area contributed by atoms with Gasteiger partial charge in [-0.15, -0.1) is 0 Å². The van der Waals surface area contributed by atoms with Crippen LogP contribution in [0.1, 0.15) is 46.0 Å². The van der Waals surface area contributed by atoms with Gasteiger partial charge in [-0.05, 0) is 25.2 Å². The average Bonchev–Trinajstić information content (AvgIpc) is 2.71. The van der Waals surface area contributed by atoms with E-state index in [0.717, 1.165) is 12.8 Å². The summed E-state index contributed by atoms with van der Waals surface area (Å²) in [6.45, 7) is 4.17. The van der Waals surface area contributed by atoms with E-state index in [4.69, 9.17) is 5.73 Å². The molecule has 0 aromatic rings. The zero-order valence-electron chi connectivity index (χ0n) is 11.7. The molecule has 1 fully saturated rings. The first kappa shape index (κ1) is 15.8. The molecular weight excluding hydrogens is 246 g/mol. The quantitative estimate of drug-likeness (QED) is 0.565. The topological polar surface area (TPSA) is 104 Å². The van der Waals surface area contributed by atoms with Crippen molar-refractivity contribution in [2.24, 2.45) is 11.7 Å². The van der Waals surface area contributed by atoms with Crippen LogP contribution in [0.5, 0.6) is 0 Å². The van der Waals surface area contributed by atoms with Gasteiger partial charge in [-0.1, -0.05) is 26.7 Å². The molecule has 1 rings (SSSR count). The number of primary amides is 1. The number of hydrogen-bond donors (Lipinski definition) is 4. The van der Waals surface area contributed by atoms with Gasteiger partial charge in [-0.3, -0.25) is 4.79 Å². The number of urea groups is 1. The maximum Gasteiger partial charge on any atom is 0.312 e. The standard InChI is InChI=1S/C13H25N3O3/c1-9(2)7-10(16-12(14)18)11(17)15-8-13(19)5-3-4-6-13/h9-10,19H,3-8H2,1-2H3,(H,15,17)(H3,14,16,18). The van der Waals surface area contributed by atoms with Gasteiger partial charge in [0.2, 0.25) is 5.91 Å². The van der Waals surface area contributed by atoms with Crippen molar-refractivity contribution in [3.8, 4) is 0 Å². The van der Waals surface area contributed by atoms with Gasteiger partial charge in [-0.2, -0.15) is 0 Å². The van der Waals surface area contributed by atoms with Gasteiger partial charge in [0.1, 0.15) is 6.04 Å². The Morgan fingerprint density at radius 1 is 1.32 bits per heavy atom. The van der Waals surface area contributed by atoms with Crippen molar-refractivity contribution in [1.29, 1.82) is 0 Å². The molecule has 0 spiro atoms. The van der Waals surface area contributed by atoms with Crippen LogP contribution < -0.4 is 16.4 Å². The first-order valence-electron chi connectivity index (χ1n) is 6.88. The number of hydrogen-bond acceptors (Lipinski definition) is 3. The number of nitrogens with one attached hydrogen (secondary N) is 2. The predicted molar refractivity (Wildman–Crippen MR) is 72.4 cm³/mol. The average molecular weight is 271 g/mol. The molecule has 5 N–H and O–H groups in total. The van der Waals surface area contributed by atoms with Crippen LogP contribution in [0.2, 0.25) is 0 Å². The monoisotopic (exact) mass is 271 g/mol. The zero-order chi connectivity index (χ0) is 14.5. The van der Waals surface area contributed by atoms with E-state index in [1.54, 1.807) is 0 Å². The summed E-state index contributed by atoms with van der Waals surface area (Å²) in [7, 11) is 0. The Morgan fingerprint density at radius 2 is 1.89 bits per heavy atom. The molecule has 1 aliphatic rings. The van der Waals surface area contributed by atoms with E-state index in [2.05, 4.69) is 10.6 Å². The molecular formula is C13H25N3O3. The molecule has 0 radical (unpaired) electrons. The minimum atomic E-state index is -0.787. The molecule has 0 aromatic heterocycles. The normalized spacial score (nSPS) is 19.2. The Balaban J connectivity index is 2.48. The maximum absolute atomic E-state index is 12.0. The number of rotatable bonds is 6. The van der Waals surface area contributed by atoms with Crippen LogP contribution in [-0.2, 0) is 4.79 Å². The summed E-state index contributed by atoms with van der Waals surface area (Å²) in [6, 6.07) is -1.34. The molecule has 19 heavy (non-hydrogen) atoms. The number of carbonyl (C=O) groups excluding carboxylic acids is 2. The minimum Gasteiger partial charge on any atom is -0.388 e. The Labute approximate surface area is 114 Å². The van der Waals surface area contributed by atoms with Crippen molar-refractivity contribution in [2.75, 3.05) is 6.54 Å². The SMILES string of the molecule is CC(C)CC(NC(N)=O)C(=O)NCC1(O)CCCC1. The largest absolute Gasteiger partial charge is 0.388 e. The van der Waals surface area contributed by atoms with Crippen molar-refractivity contribution in [3.63, 3.8) is 0 Å². The summed E-state index contributed by atoms with van der Waals surface area (Å²) in [5, 5.41) is 15.3. The van der Waals surface area contributed by atoms with Crippen LogP contribution >= 0.6 is 0 Å². The molecule has 0 aromatic carbocycles. The van der Waals surface area contributed by atoms with Crippen LogP contribution in [0.3, 0.4) is 0 Å². The third kappa shape index (κ3) is 5.46. The summed E-state index contributed by atoms with van der Waals surface area (Å²) in [4.78, 5) is 22.9. The molecule has 0 aliphatic heterocycles. The van der Waals surface area contributed by atoms with E-state index in [-0.39, 0.29) is 18.4 Å². The molecule has 1 atom stereocenters. The molecule has 6 heteroatoms. The summed E-state index contributed by atoms with van der Waals surface area (Å²) in [5.74, 6) is -0.0232. The molecule has 6 nitrogen and oxygen atoms in total. The van der Waals surface area contributed by atoms with Crippen molar-refractivity contribution >= 4 is 11.9 Å². The van der Waals surface area contributed by atoms with Crippen LogP contribution in [0.15, 0.2) is 0 Å². The van der Waals surface area contributed by atoms with Crippen LogP contribution in [0.4, 0.5) is 4.79 Å². The summed E-state index contributed by atoms with van der Waals surface area (Å²) in [5.41, 5.74) is 4.28. The van der Waals surface area contributed by atoms with Crippen molar-refractivity contribution in [1.82, 2.24) is 10.6 Å². The van der Waals surface area contributed by atoms with Crippen molar-refractivity contribution in [3.05, 3.63) is 0 Å². The molecule has 1 saturated carbocycles. The molecule has 0 heterocycles. The molecule has 0 saturated heterocycles. The second kappa shape index (κ2) is 6.75. The number of aliphatic hydroxyl groups is 1. The number of amides is 3. The highest BCUT2D eigenvalue weighted by Gasteiger charge is 2.32. The fourth-order valence-electron chi connectivity index (χ4n) is 2.46. The molecule has 0 bridgehead atoms. The highest BCUT2D eigenvalue weighted by atomic mass is 16.3. The maximum atomic E-state index is 12.0. The molecule has 1 unspecified atom stereocenters. The lowest BCUT2D eigenvalue weighted by Gasteiger charge is -2.25. The molecule has 3 amide bonds. The van der Waals surface area contributed by atoms with E-state index >= 15 is 0 Å². The Morgan fingerprint density at radius 3 is 2.37 bits per heavy atom. The van der Waals surface area contributed by atoms with E-state index < -0.39 is 17.7 Å². The lowest BCUT2D eigenvalue weighted by Crippen LogP contribution is -2.52. The fourth-order valence-corrected chi connectivity index (χ4v) is 2.46. The smallest absolute Gasteiger partial charge is 0.312 e. The highest BCUT2D eigenvalue weighted by molar-refractivity contribution is 5.86. The zero-order valence-corrected chi connectivity index (χ0v) is 11.7. The van der Waals surface area contributed by atoms with Gasteiger partial charge in [-0.25, -0.2) is 4.79 Å². The van der Waals surface area contributed by atoms with Gasteiger partial charge in [0.25, 0.3) is 0 Å². The van der Waals surface area contributed by atoms with Crippen molar-refractivity contribution < 1.29 is 14.7 Å². The van der Waals surface area contributed by atoms with Gasteiger partial charge in [0.05, 0.1) is 5.60 Å². The molecule has 110 valence electrons. The number of carbonyl (C=O) groups is 2. The first-order valence-corrected chi connectivity index (χ1v) is 6.88. The third-order valence-corrected chi connectivity index (χ3v) is 3.47. The third-order valence-electron chi connectivity index (χ3n) is 3.47. The number of nitrogens with two attached hydrogens (primary N) is 1. The van der Waals surface area contributed by atoms with Crippen LogP contribution in [0.25, 0.3) is 0 Å². The van der Waals surface area contributed by atoms with Gasteiger partial charge in [0, 0.05) is 6.54 Å². The summed E-state index contributed by atoms with van der Waals surface area (Å²) < 4.78 is 0. The van der Waals surface area contributed by atoms with Gasteiger partial charge >= 0.3 is 6.03 Å². The second-order valence-electron chi connectivity index (χ2n) is 5.84. The van der Waals surface area contributed by atoms with E-state index in [0.29, 0.717) is 19.3 Å². The lowest BCUT2D eigenvalue weighted by molar-refractivity contribution is -0.124. The van der Waals surface area contributed by atoms with Gasteiger partial charge < -0.3 is 21.5 Å². The fraction of sp³-hybridized carbons (Fsp3) is 0.846. The van der Waals surface area contributed by atoms with E-state index in [9.17, 15) is 14.7 Å². The highest BCUT2D eigenvalue weighted by Crippen LogP contribution is 2.28. The second-order valence-corrected chi connectivity index (χ2v) is 5.84. The predicted octanol–water partition coefficient (Wildman–Crippen LogP) is 0.491.